The first-order valence-electron chi connectivity index (χ1n) is 10.0. The normalized spacial score (nSPS) is 11.3. The number of fused-ring (bicyclic) bond motifs is 2. The summed E-state index contributed by atoms with van der Waals surface area (Å²) in [4.78, 5) is 23.7. The first kappa shape index (κ1) is 19.0. The summed E-state index contributed by atoms with van der Waals surface area (Å²) in [6.07, 6.45) is 6.14. The number of nitrogens with one attached hydrogen (secondary N) is 1. The Kier molecular flexibility index (Phi) is 4.71. The van der Waals surface area contributed by atoms with Crippen LogP contribution < -0.4 is 4.98 Å². The van der Waals surface area contributed by atoms with Gasteiger partial charge in [-0.25, -0.2) is 9.37 Å². The fraction of sp³-hybridized carbons (Fsp3) is 0.125. The SMILES string of the molecule is CCC(=O)c1ccc(-c2c[nH+]c3ncc(Cc4ccc5ncccc5c4)n3n2)cc1F. The molecule has 0 saturated heterocycles. The standard InChI is InChI=1S/C24H18FN5O/c1-2-23(31)19-7-6-17(12-20(19)25)22-14-28-24-27-13-18(30(24)29-22)11-15-5-8-21-16(10-15)4-3-9-26-21/h3-10,12-14H,2,11H2,1H3/p+1. The molecule has 0 amide bonds. The number of hydrogen-bond donors (Lipinski definition) is 0. The number of Topliss-reactive ketones (excluding diaryl/α,β-unsaturated/α-hetero) is 1. The second-order valence-electron chi connectivity index (χ2n) is 7.34. The average Bonchev–Trinajstić information content (AvgIpc) is 3.20. The van der Waals surface area contributed by atoms with Crippen molar-refractivity contribution >= 4 is 22.5 Å². The zero-order chi connectivity index (χ0) is 21.4. The third kappa shape index (κ3) is 3.54. The van der Waals surface area contributed by atoms with Crippen LogP contribution >= 0.6 is 0 Å². The number of pyridine rings is 1. The van der Waals surface area contributed by atoms with Gasteiger partial charge in [-0.2, -0.15) is 0 Å². The van der Waals surface area contributed by atoms with E-state index in [0.717, 1.165) is 22.2 Å². The summed E-state index contributed by atoms with van der Waals surface area (Å²) in [6, 6.07) is 14.7. The van der Waals surface area contributed by atoms with Crippen LogP contribution in [0.25, 0.3) is 27.9 Å². The fourth-order valence-corrected chi connectivity index (χ4v) is 3.66. The molecule has 0 bridgehead atoms. The first-order valence-corrected chi connectivity index (χ1v) is 10.0. The van der Waals surface area contributed by atoms with E-state index in [2.05, 4.69) is 26.1 Å². The van der Waals surface area contributed by atoms with Crippen molar-refractivity contribution in [3.63, 3.8) is 0 Å². The number of imidazole rings is 1. The van der Waals surface area contributed by atoms with E-state index in [-0.39, 0.29) is 17.8 Å². The van der Waals surface area contributed by atoms with Gasteiger partial charge in [0.05, 0.1) is 17.3 Å². The Hall–Kier alpha value is -4.00. The summed E-state index contributed by atoms with van der Waals surface area (Å²) in [5.74, 6) is -0.164. The van der Waals surface area contributed by atoms with Crippen LogP contribution in [0.4, 0.5) is 4.39 Å². The molecule has 5 aromatic rings. The smallest absolute Gasteiger partial charge is 0.294 e. The Labute approximate surface area is 177 Å². The average molecular weight is 412 g/mol. The number of ketones is 1. The first-order chi connectivity index (χ1) is 15.1. The third-order valence-corrected chi connectivity index (χ3v) is 5.29. The van der Waals surface area contributed by atoms with Gasteiger partial charge in [-0.15, -0.1) is 9.61 Å². The molecule has 0 fully saturated rings. The Balaban J connectivity index is 1.51. The van der Waals surface area contributed by atoms with Gasteiger partial charge in [0.1, 0.15) is 23.4 Å². The van der Waals surface area contributed by atoms with E-state index in [9.17, 15) is 9.18 Å². The van der Waals surface area contributed by atoms with E-state index in [1.165, 1.54) is 12.1 Å². The van der Waals surface area contributed by atoms with E-state index < -0.39 is 5.82 Å². The van der Waals surface area contributed by atoms with Crippen molar-refractivity contribution in [1.29, 1.82) is 0 Å². The van der Waals surface area contributed by atoms with E-state index in [0.29, 0.717) is 23.5 Å². The lowest BCUT2D eigenvalue weighted by Crippen LogP contribution is -2.13. The lowest BCUT2D eigenvalue weighted by atomic mass is 10.0. The van der Waals surface area contributed by atoms with Gasteiger partial charge in [0.2, 0.25) is 0 Å². The number of rotatable bonds is 5. The largest absolute Gasteiger partial charge is 0.420 e. The second-order valence-corrected chi connectivity index (χ2v) is 7.34. The fourth-order valence-electron chi connectivity index (χ4n) is 3.66. The number of carbonyl (C=O) groups is 1. The van der Waals surface area contributed by atoms with Gasteiger partial charge in [0, 0.05) is 30.0 Å². The highest BCUT2D eigenvalue weighted by Crippen LogP contribution is 2.21. The Morgan fingerprint density at radius 1 is 1.13 bits per heavy atom. The maximum Gasteiger partial charge on any atom is 0.420 e. The maximum absolute atomic E-state index is 14.4. The Morgan fingerprint density at radius 2 is 2.03 bits per heavy atom. The summed E-state index contributed by atoms with van der Waals surface area (Å²) < 4.78 is 16.2. The monoisotopic (exact) mass is 412 g/mol. The quantitative estimate of drug-likeness (QED) is 0.408. The highest BCUT2D eigenvalue weighted by atomic mass is 19.1. The number of carbonyl (C=O) groups excluding carboxylic acids is 1. The van der Waals surface area contributed by atoms with Crippen LogP contribution in [0, 0.1) is 5.82 Å². The molecule has 0 aliphatic heterocycles. The molecule has 0 spiro atoms. The minimum absolute atomic E-state index is 0.102. The van der Waals surface area contributed by atoms with Crippen molar-refractivity contribution in [2.24, 2.45) is 0 Å². The van der Waals surface area contributed by atoms with Crippen molar-refractivity contribution in [3.8, 4) is 11.3 Å². The summed E-state index contributed by atoms with van der Waals surface area (Å²) in [5, 5.41) is 5.73. The molecule has 0 aliphatic rings. The molecule has 3 heterocycles. The molecule has 0 unspecified atom stereocenters. The molecule has 0 radical (unpaired) electrons. The van der Waals surface area contributed by atoms with Gasteiger partial charge >= 0.3 is 5.78 Å². The van der Waals surface area contributed by atoms with Crippen LogP contribution in [-0.4, -0.2) is 25.4 Å². The molecule has 5 rings (SSSR count). The molecule has 7 heteroatoms. The van der Waals surface area contributed by atoms with Crippen LogP contribution in [0.15, 0.2) is 67.1 Å². The summed E-state index contributed by atoms with van der Waals surface area (Å²) >= 11 is 0. The van der Waals surface area contributed by atoms with Crippen molar-refractivity contribution < 1.29 is 14.2 Å². The zero-order valence-electron chi connectivity index (χ0n) is 16.8. The predicted molar refractivity (Wildman–Crippen MR) is 114 cm³/mol. The van der Waals surface area contributed by atoms with E-state index in [4.69, 9.17) is 0 Å². The number of halogens is 1. The summed E-state index contributed by atoms with van der Waals surface area (Å²) in [7, 11) is 0. The highest BCUT2D eigenvalue weighted by Gasteiger charge is 2.17. The van der Waals surface area contributed by atoms with Crippen LogP contribution in [0.5, 0.6) is 0 Å². The molecule has 2 aromatic carbocycles. The predicted octanol–water partition coefficient (Wildman–Crippen LogP) is 4.08. The molecule has 0 atom stereocenters. The molecule has 152 valence electrons. The minimum atomic E-state index is -0.540. The van der Waals surface area contributed by atoms with Crippen LogP contribution in [0.2, 0.25) is 0 Å². The molecule has 0 saturated carbocycles. The number of H-pyrrole nitrogens is 1. The van der Waals surface area contributed by atoms with Crippen molar-refractivity contribution in [1.82, 2.24) is 19.6 Å². The number of aromatic amines is 1. The Bertz CT molecular complexity index is 1440. The van der Waals surface area contributed by atoms with Gasteiger partial charge in [0.15, 0.2) is 5.78 Å². The lowest BCUT2D eigenvalue weighted by Gasteiger charge is -2.04. The van der Waals surface area contributed by atoms with Crippen molar-refractivity contribution in [3.05, 3.63) is 89.8 Å². The highest BCUT2D eigenvalue weighted by molar-refractivity contribution is 5.96. The maximum atomic E-state index is 14.4. The number of benzene rings is 2. The van der Waals surface area contributed by atoms with Crippen molar-refractivity contribution in [2.45, 2.75) is 19.8 Å². The molecule has 3 aromatic heterocycles. The van der Waals surface area contributed by atoms with Crippen LogP contribution in [0.1, 0.15) is 35.0 Å². The van der Waals surface area contributed by atoms with Crippen molar-refractivity contribution in [2.75, 3.05) is 0 Å². The second kappa shape index (κ2) is 7.68. The van der Waals surface area contributed by atoms with Gasteiger partial charge in [-0.1, -0.05) is 30.1 Å². The molecule has 6 nitrogen and oxygen atoms in total. The van der Waals surface area contributed by atoms with Gasteiger partial charge < -0.3 is 0 Å². The molecular formula is C24H19FN5O+. The van der Waals surface area contributed by atoms with E-state index >= 15 is 0 Å². The third-order valence-electron chi connectivity index (χ3n) is 5.29. The molecule has 0 aliphatic carbocycles. The zero-order valence-corrected chi connectivity index (χ0v) is 16.8. The van der Waals surface area contributed by atoms with Gasteiger partial charge in [0.25, 0.3) is 0 Å². The number of nitrogens with zero attached hydrogens (tertiary/aromatic N) is 4. The number of aromatic nitrogens is 5. The lowest BCUT2D eigenvalue weighted by molar-refractivity contribution is -0.353. The minimum Gasteiger partial charge on any atom is -0.294 e. The summed E-state index contributed by atoms with van der Waals surface area (Å²) in [5.41, 5.74) is 4.21. The molecular weight excluding hydrogens is 393 g/mol. The molecule has 31 heavy (non-hydrogen) atoms. The van der Waals surface area contributed by atoms with Gasteiger partial charge in [-0.05, 0) is 35.9 Å². The van der Waals surface area contributed by atoms with Crippen LogP contribution in [-0.2, 0) is 6.42 Å². The topological polar surface area (TPSA) is 74.3 Å². The van der Waals surface area contributed by atoms with Gasteiger partial charge in [-0.3, -0.25) is 9.78 Å². The van der Waals surface area contributed by atoms with Crippen LogP contribution in [0.3, 0.4) is 0 Å². The molecule has 1 N–H and O–H groups in total. The summed E-state index contributed by atoms with van der Waals surface area (Å²) in [6.45, 7) is 1.72. The van der Waals surface area contributed by atoms with E-state index in [1.54, 1.807) is 36.1 Å². The Morgan fingerprint density at radius 3 is 2.87 bits per heavy atom. The van der Waals surface area contributed by atoms with E-state index in [1.807, 2.05) is 24.3 Å². The number of hydrogen-bond acceptors (Lipinski definition) is 4.